The number of halogens is 3. The summed E-state index contributed by atoms with van der Waals surface area (Å²) in [5, 5.41) is 20.1. The number of aliphatic hydroxyl groups is 1. The first kappa shape index (κ1) is 20.8. The third-order valence-electron chi connectivity index (χ3n) is 3.72. The van der Waals surface area contributed by atoms with Gasteiger partial charge in [-0.05, 0) is 18.2 Å². The van der Waals surface area contributed by atoms with E-state index < -0.39 is 24.9 Å². The molecule has 0 atom stereocenters. The molecule has 3 aromatic rings. The number of hydrogen-bond donors (Lipinski definition) is 2. The Bertz CT molecular complexity index is 1120. The zero-order valence-electron chi connectivity index (χ0n) is 14.6. The second-order valence-corrected chi connectivity index (χ2v) is 6.90. The number of para-hydroxylation sites is 2. The number of H-pyrrole nitrogens is 1. The van der Waals surface area contributed by atoms with E-state index >= 15 is 0 Å². The van der Waals surface area contributed by atoms with Gasteiger partial charge in [-0.1, -0.05) is 46.9 Å². The molecule has 0 unspecified atom stereocenters. The topological polar surface area (TPSA) is 108 Å². The molecule has 1 heterocycles. The monoisotopic (exact) mass is 451 g/mol. The van der Waals surface area contributed by atoms with Crippen LogP contribution in [0.25, 0.3) is 16.6 Å². The molecule has 0 bridgehead atoms. The molecule has 0 saturated heterocycles. The summed E-state index contributed by atoms with van der Waals surface area (Å²) in [4.78, 5) is 19.0. The van der Waals surface area contributed by atoms with Gasteiger partial charge in [-0.2, -0.15) is 5.26 Å². The maximum absolute atomic E-state index is 11.9. The number of fused-ring (bicyclic) bond motifs is 1. The zero-order valence-corrected chi connectivity index (χ0v) is 16.8. The summed E-state index contributed by atoms with van der Waals surface area (Å²) in [6.07, 6.45) is 0. The Morgan fingerprint density at radius 3 is 2.59 bits per heavy atom. The number of aliphatic hydroxyl groups excluding tert-OH is 1. The number of esters is 1. The van der Waals surface area contributed by atoms with E-state index in [2.05, 4.69) is 9.97 Å². The third-order valence-corrected chi connectivity index (χ3v) is 4.73. The number of hydrogen-bond acceptors (Lipinski definition) is 6. The fraction of sp³-hybridized carbons (Fsp3) is 0.105. The highest BCUT2D eigenvalue weighted by Gasteiger charge is 2.16. The van der Waals surface area contributed by atoms with Gasteiger partial charge in [0.25, 0.3) is 0 Å². The molecule has 1 aromatic heterocycles. The Morgan fingerprint density at radius 1 is 1.14 bits per heavy atom. The number of nitrogens with zero attached hydrogens (tertiary/aromatic N) is 2. The number of rotatable bonds is 6. The van der Waals surface area contributed by atoms with Gasteiger partial charge in [0.1, 0.15) is 24.0 Å². The summed E-state index contributed by atoms with van der Waals surface area (Å²) in [6.45, 7) is -1.02. The van der Waals surface area contributed by atoms with Crippen LogP contribution in [0.3, 0.4) is 0 Å². The molecule has 2 aromatic carbocycles. The van der Waals surface area contributed by atoms with Crippen LogP contribution in [0.1, 0.15) is 5.82 Å². The number of nitrogens with one attached hydrogen (secondary N) is 1. The maximum Gasteiger partial charge on any atom is 0.344 e. The van der Waals surface area contributed by atoms with Crippen LogP contribution in [-0.2, 0) is 9.53 Å². The highest BCUT2D eigenvalue weighted by Crippen LogP contribution is 2.33. The van der Waals surface area contributed by atoms with Crippen molar-refractivity contribution in [2.24, 2.45) is 0 Å². The predicted molar refractivity (Wildman–Crippen MR) is 109 cm³/mol. The first-order valence-corrected chi connectivity index (χ1v) is 9.22. The summed E-state index contributed by atoms with van der Waals surface area (Å²) in [5.41, 5.74) is 1.20. The lowest BCUT2D eigenvalue weighted by Crippen LogP contribution is -2.17. The Morgan fingerprint density at radius 2 is 1.86 bits per heavy atom. The smallest absolute Gasteiger partial charge is 0.344 e. The van der Waals surface area contributed by atoms with E-state index in [1.807, 2.05) is 12.1 Å². The third kappa shape index (κ3) is 4.93. The molecule has 3 rings (SSSR count). The lowest BCUT2D eigenvalue weighted by Gasteiger charge is -2.09. The molecular formula is C19H12Cl3N3O4. The van der Waals surface area contributed by atoms with E-state index in [0.717, 1.165) is 0 Å². The van der Waals surface area contributed by atoms with E-state index in [1.54, 1.807) is 18.2 Å². The van der Waals surface area contributed by atoms with E-state index in [0.29, 0.717) is 11.0 Å². The molecule has 0 saturated carbocycles. The van der Waals surface area contributed by atoms with E-state index in [1.165, 1.54) is 12.1 Å². The summed E-state index contributed by atoms with van der Waals surface area (Å²) < 4.78 is 10.2. The van der Waals surface area contributed by atoms with Crippen LogP contribution in [0, 0.1) is 11.3 Å². The first-order valence-electron chi connectivity index (χ1n) is 8.09. The van der Waals surface area contributed by atoms with Gasteiger partial charge in [0.05, 0.1) is 26.1 Å². The van der Waals surface area contributed by atoms with Crippen molar-refractivity contribution in [2.75, 3.05) is 13.2 Å². The largest absolute Gasteiger partial charge is 0.507 e. The van der Waals surface area contributed by atoms with Gasteiger partial charge >= 0.3 is 5.97 Å². The van der Waals surface area contributed by atoms with Gasteiger partial charge in [0, 0.05) is 6.07 Å². The second-order valence-electron chi connectivity index (χ2n) is 5.68. The molecule has 10 heteroatoms. The molecule has 148 valence electrons. The fourth-order valence-corrected chi connectivity index (χ4v) is 2.93. The van der Waals surface area contributed by atoms with Crippen LogP contribution < -0.4 is 4.74 Å². The van der Waals surface area contributed by atoms with Crippen molar-refractivity contribution in [3.8, 4) is 11.8 Å². The van der Waals surface area contributed by atoms with Gasteiger partial charge in [-0.25, -0.2) is 9.78 Å². The molecule has 0 amide bonds. The highest BCUT2D eigenvalue weighted by molar-refractivity contribution is 6.43. The molecule has 0 aliphatic carbocycles. The number of ether oxygens (including phenoxy) is 2. The van der Waals surface area contributed by atoms with E-state index in [-0.39, 0.29) is 32.2 Å². The van der Waals surface area contributed by atoms with Crippen LogP contribution in [0.4, 0.5) is 0 Å². The SMILES string of the molecule is N#C/C(=C(\O)COC(=O)COc1cc(Cl)c(Cl)cc1Cl)c1nc2ccccc2[nH]1. The van der Waals surface area contributed by atoms with E-state index in [4.69, 9.17) is 44.3 Å². The van der Waals surface area contributed by atoms with Gasteiger partial charge in [-0.15, -0.1) is 0 Å². The number of aromatic amines is 1. The molecule has 0 radical (unpaired) electrons. The average molecular weight is 453 g/mol. The van der Waals surface area contributed by atoms with Gasteiger partial charge in [0.2, 0.25) is 0 Å². The number of carbonyl (C=O) groups excluding carboxylic acids is 1. The van der Waals surface area contributed by atoms with Gasteiger partial charge < -0.3 is 19.6 Å². The standard InChI is InChI=1S/C19H12Cl3N3O4/c20-11-5-13(22)17(6-12(11)21)28-9-18(27)29-8-16(26)10(7-23)19-24-14-3-1-2-4-15(14)25-19/h1-6,26H,8-9H2,(H,24,25)/b16-10+. The minimum atomic E-state index is -0.791. The lowest BCUT2D eigenvalue weighted by molar-refractivity contribution is -0.145. The number of allylic oxidation sites excluding steroid dienone is 1. The summed E-state index contributed by atoms with van der Waals surface area (Å²) in [6, 6.07) is 11.7. The zero-order chi connectivity index (χ0) is 21.0. The quantitative estimate of drug-likeness (QED) is 0.237. The normalized spacial score (nSPS) is 11.7. The van der Waals surface area contributed by atoms with Crippen LogP contribution in [-0.4, -0.2) is 34.3 Å². The maximum atomic E-state index is 11.9. The summed E-state index contributed by atoms with van der Waals surface area (Å²) >= 11 is 17.7. The fourth-order valence-electron chi connectivity index (χ4n) is 2.34. The molecule has 29 heavy (non-hydrogen) atoms. The number of nitriles is 1. The van der Waals surface area contributed by atoms with Crippen molar-refractivity contribution < 1.29 is 19.4 Å². The number of imidazole rings is 1. The summed E-state index contributed by atoms with van der Waals surface area (Å²) in [7, 11) is 0. The van der Waals surface area contributed by atoms with Crippen molar-refractivity contribution in [2.45, 2.75) is 0 Å². The van der Waals surface area contributed by atoms with Crippen molar-refractivity contribution in [1.29, 1.82) is 5.26 Å². The van der Waals surface area contributed by atoms with Gasteiger partial charge in [-0.3, -0.25) is 0 Å². The van der Waals surface area contributed by atoms with Crippen LogP contribution >= 0.6 is 34.8 Å². The Kier molecular flexibility index (Phi) is 6.49. The minimum Gasteiger partial charge on any atom is -0.507 e. The van der Waals surface area contributed by atoms with Crippen molar-refractivity contribution in [3.63, 3.8) is 0 Å². The van der Waals surface area contributed by atoms with Crippen molar-refractivity contribution in [3.05, 3.63) is 63.0 Å². The van der Waals surface area contributed by atoms with Crippen molar-refractivity contribution >= 4 is 57.4 Å². The first-order chi connectivity index (χ1) is 13.9. The predicted octanol–water partition coefficient (Wildman–Crippen LogP) is 4.94. The molecule has 7 nitrogen and oxygen atoms in total. The van der Waals surface area contributed by atoms with Crippen LogP contribution in [0.15, 0.2) is 42.2 Å². The number of carbonyl (C=O) groups is 1. The van der Waals surface area contributed by atoms with Crippen LogP contribution in [0.2, 0.25) is 15.1 Å². The average Bonchev–Trinajstić information content (AvgIpc) is 3.12. The Balaban J connectivity index is 1.64. The number of benzene rings is 2. The minimum absolute atomic E-state index is 0.137. The van der Waals surface area contributed by atoms with Gasteiger partial charge in [0.15, 0.2) is 18.2 Å². The molecule has 0 fully saturated rings. The molecule has 0 aliphatic rings. The van der Waals surface area contributed by atoms with E-state index in [9.17, 15) is 15.2 Å². The second kappa shape index (κ2) is 9.05. The Labute approximate surface area is 180 Å². The highest BCUT2D eigenvalue weighted by atomic mass is 35.5. The summed E-state index contributed by atoms with van der Waals surface area (Å²) in [5.74, 6) is -0.924. The number of aromatic nitrogens is 2. The molecule has 0 aliphatic heterocycles. The van der Waals surface area contributed by atoms with Crippen LogP contribution in [0.5, 0.6) is 5.75 Å². The Hall–Kier alpha value is -2.92. The molecule has 0 spiro atoms. The molecular weight excluding hydrogens is 441 g/mol. The molecule has 2 N–H and O–H groups in total. The lowest BCUT2D eigenvalue weighted by atomic mass is 10.2. The van der Waals surface area contributed by atoms with Crippen molar-refractivity contribution in [1.82, 2.24) is 9.97 Å².